The van der Waals surface area contributed by atoms with E-state index in [0.717, 1.165) is 0 Å². The number of carboxylic acid groups (broad SMARTS) is 1. The molecule has 16 heavy (non-hydrogen) atoms. The van der Waals surface area contributed by atoms with Crippen LogP contribution < -0.4 is 10.5 Å². The first-order valence-corrected chi connectivity index (χ1v) is 6.40. The largest absolute Gasteiger partial charge is 0.480 e. The summed E-state index contributed by atoms with van der Waals surface area (Å²) >= 11 is 0. The number of hydrogen-bond donors (Lipinski definition) is 3. The van der Waals surface area contributed by atoms with Gasteiger partial charge in [0.1, 0.15) is 6.04 Å². The van der Waals surface area contributed by atoms with E-state index < -0.39 is 33.2 Å². The van der Waals surface area contributed by atoms with E-state index in [1.54, 1.807) is 0 Å². The molecular formula is C8H14N2O5S. The average Bonchev–Trinajstić information content (AvgIpc) is 2.94. The molecule has 1 saturated carbocycles. The maximum Gasteiger partial charge on any atom is 0.321 e. The van der Waals surface area contributed by atoms with Crippen molar-refractivity contribution in [3.63, 3.8) is 0 Å². The molecule has 0 aliphatic heterocycles. The lowest BCUT2D eigenvalue weighted by Gasteiger charge is -2.13. The van der Waals surface area contributed by atoms with Crippen LogP contribution in [0.2, 0.25) is 0 Å². The number of carboxylic acids is 1. The van der Waals surface area contributed by atoms with E-state index in [4.69, 9.17) is 10.8 Å². The van der Waals surface area contributed by atoms with Crippen molar-refractivity contribution in [1.82, 2.24) is 4.72 Å². The van der Waals surface area contributed by atoms with Crippen molar-refractivity contribution in [2.45, 2.75) is 37.0 Å². The van der Waals surface area contributed by atoms with Crippen LogP contribution in [0, 0.1) is 0 Å². The van der Waals surface area contributed by atoms with Gasteiger partial charge in [0.15, 0.2) is 0 Å². The summed E-state index contributed by atoms with van der Waals surface area (Å²) in [5.41, 5.74) is 4.87. The second-order valence-corrected chi connectivity index (χ2v) is 5.75. The van der Waals surface area contributed by atoms with Gasteiger partial charge in [0.05, 0.1) is 5.25 Å². The van der Waals surface area contributed by atoms with Gasteiger partial charge in [-0.2, -0.15) is 0 Å². The van der Waals surface area contributed by atoms with Crippen LogP contribution in [0.3, 0.4) is 0 Å². The Morgan fingerprint density at radius 1 is 1.44 bits per heavy atom. The third kappa shape index (κ3) is 3.78. The van der Waals surface area contributed by atoms with Crippen LogP contribution in [0.1, 0.15) is 25.7 Å². The van der Waals surface area contributed by atoms with Gasteiger partial charge in [0.2, 0.25) is 15.9 Å². The maximum absolute atomic E-state index is 11.5. The number of nitrogens with one attached hydrogen (secondary N) is 1. The lowest BCUT2D eigenvalue weighted by molar-refractivity contribution is -0.139. The van der Waals surface area contributed by atoms with Crippen molar-refractivity contribution in [3.8, 4) is 0 Å². The van der Waals surface area contributed by atoms with E-state index >= 15 is 0 Å². The molecule has 0 saturated heterocycles. The zero-order valence-electron chi connectivity index (χ0n) is 8.55. The predicted octanol–water partition coefficient (Wildman–Crippen LogP) is -1.21. The number of aliphatic carboxylic acids is 1. The topological polar surface area (TPSA) is 127 Å². The van der Waals surface area contributed by atoms with Crippen LogP contribution in [-0.4, -0.2) is 36.7 Å². The highest BCUT2D eigenvalue weighted by atomic mass is 32.2. The Bertz CT molecular complexity index is 387. The van der Waals surface area contributed by atoms with E-state index in [1.165, 1.54) is 0 Å². The number of hydrogen-bond acceptors (Lipinski definition) is 4. The Hall–Kier alpha value is -1.15. The smallest absolute Gasteiger partial charge is 0.321 e. The molecule has 0 radical (unpaired) electrons. The van der Waals surface area contributed by atoms with Gasteiger partial charge in [-0.3, -0.25) is 9.59 Å². The lowest BCUT2D eigenvalue weighted by Crippen LogP contribution is -2.42. The molecule has 0 aromatic rings. The monoisotopic (exact) mass is 250 g/mol. The van der Waals surface area contributed by atoms with E-state index in [0.29, 0.717) is 12.8 Å². The Morgan fingerprint density at radius 2 is 2.00 bits per heavy atom. The first kappa shape index (κ1) is 12.9. The molecule has 92 valence electrons. The van der Waals surface area contributed by atoms with Crippen molar-refractivity contribution < 1.29 is 23.1 Å². The lowest BCUT2D eigenvalue weighted by atomic mass is 10.2. The Morgan fingerprint density at radius 3 is 2.38 bits per heavy atom. The fourth-order valence-corrected chi connectivity index (χ4v) is 2.76. The summed E-state index contributed by atoms with van der Waals surface area (Å²) in [5.74, 6) is -1.96. The summed E-state index contributed by atoms with van der Waals surface area (Å²) in [4.78, 5) is 21.2. The number of sulfonamides is 1. The number of amides is 1. The molecule has 0 bridgehead atoms. The highest BCUT2D eigenvalue weighted by molar-refractivity contribution is 7.90. The van der Waals surface area contributed by atoms with E-state index in [1.807, 2.05) is 0 Å². The molecule has 0 aromatic heterocycles. The quantitative estimate of drug-likeness (QED) is 0.522. The van der Waals surface area contributed by atoms with Gasteiger partial charge < -0.3 is 10.8 Å². The Labute approximate surface area is 93.1 Å². The van der Waals surface area contributed by atoms with Gasteiger partial charge in [0.25, 0.3) is 0 Å². The van der Waals surface area contributed by atoms with Crippen molar-refractivity contribution in [2.75, 3.05) is 0 Å². The average molecular weight is 250 g/mol. The van der Waals surface area contributed by atoms with Crippen LogP contribution in [0.4, 0.5) is 0 Å². The van der Waals surface area contributed by atoms with Gasteiger partial charge in [-0.15, -0.1) is 0 Å². The molecule has 1 amide bonds. The third-order valence-electron chi connectivity index (χ3n) is 2.25. The van der Waals surface area contributed by atoms with Gasteiger partial charge in [-0.25, -0.2) is 13.1 Å². The Kier molecular flexibility index (Phi) is 3.87. The van der Waals surface area contributed by atoms with Gasteiger partial charge in [0, 0.05) is 6.42 Å². The number of nitrogens with two attached hydrogens (primary N) is 1. The first-order chi connectivity index (χ1) is 7.33. The van der Waals surface area contributed by atoms with E-state index in [9.17, 15) is 18.0 Å². The number of rotatable bonds is 7. The van der Waals surface area contributed by atoms with Crippen LogP contribution in [-0.2, 0) is 19.6 Å². The normalized spacial score (nSPS) is 18.0. The highest BCUT2D eigenvalue weighted by Crippen LogP contribution is 2.27. The highest BCUT2D eigenvalue weighted by Gasteiger charge is 2.38. The summed E-state index contributed by atoms with van der Waals surface area (Å²) in [6, 6.07) is -1.28. The molecule has 0 aromatic carbocycles. The standard InChI is InChI=1S/C8H14N2O5S/c9-7(11)4-3-6(8(12)13)10-16(14,15)5-1-2-5/h5-6,10H,1-4H2,(H2,9,11)(H,12,13)/t6-/m0/s1. The molecule has 7 nitrogen and oxygen atoms in total. The minimum absolute atomic E-state index is 0.128. The fourth-order valence-electron chi connectivity index (χ4n) is 1.19. The number of carbonyl (C=O) groups is 2. The summed E-state index contributed by atoms with van der Waals surface area (Å²) < 4.78 is 25.0. The van der Waals surface area contributed by atoms with Gasteiger partial charge >= 0.3 is 5.97 Å². The number of carbonyl (C=O) groups excluding carboxylic acids is 1. The van der Waals surface area contributed by atoms with Crippen molar-refractivity contribution in [1.29, 1.82) is 0 Å². The third-order valence-corrected chi connectivity index (χ3v) is 4.21. The first-order valence-electron chi connectivity index (χ1n) is 4.85. The van der Waals surface area contributed by atoms with Gasteiger partial charge in [-0.05, 0) is 19.3 Å². The summed E-state index contributed by atoms with van der Waals surface area (Å²) in [6.07, 6.45) is 0.815. The molecule has 1 fully saturated rings. The fraction of sp³-hybridized carbons (Fsp3) is 0.750. The molecule has 0 spiro atoms. The minimum atomic E-state index is -3.56. The van der Waals surface area contributed by atoms with Crippen molar-refractivity contribution in [3.05, 3.63) is 0 Å². The van der Waals surface area contributed by atoms with Crippen molar-refractivity contribution in [2.24, 2.45) is 5.73 Å². The molecule has 1 rings (SSSR count). The molecule has 0 unspecified atom stereocenters. The molecule has 8 heteroatoms. The summed E-state index contributed by atoms with van der Waals surface area (Å²) in [5, 5.41) is 8.29. The molecular weight excluding hydrogens is 236 g/mol. The van der Waals surface area contributed by atoms with Gasteiger partial charge in [-0.1, -0.05) is 0 Å². The maximum atomic E-state index is 11.5. The van der Waals surface area contributed by atoms with Crippen LogP contribution in [0.5, 0.6) is 0 Å². The second-order valence-electron chi connectivity index (χ2n) is 3.76. The van der Waals surface area contributed by atoms with Crippen LogP contribution >= 0.6 is 0 Å². The van der Waals surface area contributed by atoms with E-state index in [2.05, 4.69) is 4.72 Å². The Balaban J connectivity index is 2.57. The zero-order chi connectivity index (χ0) is 12.3. The summed E-state index contributed by atoms with van der Waals surface area (Å²) in [7, 11) is -3.56. The molecule has 1 atom stereocenters. The van der Waals surface area contributed by atoms with Crippen LogP contribution in [0.15, 0.2) is 0 Å². The van der Waals surface area contributed by atoms with E-state index in [-0.39, 0.29) is 12.8 Å². The van der Waals surface area contributed by atoms with Crippen LogP contribution in [0.25, 0.3) is 0 Å². The zero-order valence-corrected chi connectivity index (χ0v) is 9.37. The second kappa shape index (κ2) is 4.79. The molecule has 4 N–H and O–H groups in total. The van der Waals surface area contributed by atoms with Crippen molar-refractivity contribution >= 4 is 21.9 Å². The molecule has 1 aliphatic carbocycles. The molecule has 1 aliphatic rings. The minimum Gasteiger partial charge on any atom is -0.480 e. The molecule has 0 heterocycles. The SMILES string of the molecule is NC(=O)CC[C@H](NS(=O)(=O)C1CC1)C(=O)O. The number of primary amides is 1. The summed E-state index contributed by atoms with van der Waals surface area (Å²) in [6.45, 7) is 0. The predicted molar refractivity (Wildman–Crippen MR) is 54.9 cm³/mol.